The van der Waals surface area contributed by atoms with Crippen LogP contribution in [0.2, 0.25) is 0 Å². The van der Waals surface area contributed by atoms with Crippen molar-refractivity contribution in [3.8, 4) is 11.3 Å². The fourth-order valence-corrected chi connectivity index (χ4v) is 2.70. The number of nitrogens with one attached hydrogen (secondary N) is 2. The van der Waals surface area contributed by atoms with Gasteiger partial charge in [0.2, 0.25) is 0 Å². The summed E-state index contributed by atoms with van der Waals surface area (Å²) in [5, 5.41) is 0.673. The summed E-state index contributed by atoms with van der Waals surface area (Å²) in [7, 11) is 0. The minimum absolute atomic E-state index is 0.0971. The number of nitrogens with zero attached hydrogens (tertiary/aromatic N) is 4. The second-order valence-electron chi connectivity index (χ2n) is 5.81. The summed E-state index contributed by atoms with van der Waals surface area (Å²) < 4.78 is 0. The van der Waals surface area contributed by atoms with Crippen LogP contribution >= 0.6 is 0 Å². The minimum atomic E-state index is -0.561. The summed E-state index contributed by atoms with van der Waals surface area (Å²) in [6, 6.07) is 12.6. The summed E-state index contributed by atoms with van der Waals surface area (Å²) in [6.45, 7) is 0. The molecule has 1 aromatic carbocycles. The number of hydrazine groups is 1. The molecule has 2 N–H and O–H groups in total. The van der Waals surface area contributed by atoms with Crippen LogP contribution in [0.3, 0.4) is 0 Å². The maximum Gasteiger partial charge on any atom is 0.289 e. The Morgan fingerprint density at radius 2 is 1.61 bits per heavy atom. The van der Waals surface area contributed by atoms with Gasteiger partial charge in [0.1, 0.15) is 5.69 Å². The molecule has 0 atom stereocenters. The van der Waals surface area contributed by atoms with Gasteiger partial charge in [0.25, 0.3) is 11.8 Å². The maximum absolute atomic E-state index is 12.8. The van der Waals surface area contributed by atoms with E-state index in [1.807, 2.05) is 30.3 Å². The Morgan fingerprint density at radius 3 is 2.39 bits per heavy atom. The van der Waals surface area contributed by atoms with Gasteiger partial charge in [-0.2, -0.15) is 0 Å². The first-order valence-corrected chi connectivity index (χ1v) is 8.39. The van der Waals surface area contributed by atoms with E-state index in [4.69, 9.17) is 0 Å². The van der Waals surface area contributed by atoms with Crippen LogP contribution in [-0.4, -0.2) is 31.8 Å². The first-order chi connectivity index (χ1) is 13.7. The lowest BCUT2D eigenvalue weighted by Gasteiger charge is -2.11. The molecular formula is C20H14N6O2. The van der Waals surface area contributed by atoms with Gasteiger partial charge in [0, 0.05) is 35.7 Å². The lowest BCUT2D eigenvalue weighted by Crippen LogP contribution is -2.42. The second kappa shape index (κ2) is 7.58. The van der Waals surface area contributed by atoms with Crippen LogP contribution in [0.1, 0.15) is 20.8 Å². The normalized spacial score (nSPS) is 10.4. The lowest BCUT2D eigenvalue weighted by atomic mass is 10.0. The summed E-state index contributed by atoms with van der Waals surface area (Å²) in [5.41, 5.74) is 7.39. The van der Waals surface area contributed by atoms with E-state index in [1.165, 1.54) is 18.6 Å². The molecule has 0 aliphatic rings. The molecule has 28 heavy (non-hydrogen) atoms. The van der Waals surface area contributed by atoms with Crippen molar-refractivity contribution in [1.82, 2.24) is 30.8 Å². The molecule has 4 rings (SSSR count). The van der Waals surface area contributed by atoms with Crippen LogP contribution in [0.4, 0.5) is 0 Å². The van der Waals surface area contributed by atoms with Gasteiger partial charge in [-0.05, 0) is 24.3 Å². The van der Waals surface area contributed by atoms with E-state index in [9.17, 15) is 9.59 Å². The number of hydrogen-bond donors (Lipinski definition) is 2. The zero-order valence-electron chi connectivity index (χ0n) is 14.5. The van der Waals surface area contributed by atoms with Gasteiger partial charge < -0.3 is 0 Å². The number of pyridine rings is 2. The average molecular weight is 370 g/mol. The largest absolute Gasteiger partial charge is 0.289 e. The van der Waals surface area contributed by atoms with Gasteiger partial charge in [-0.15, -0.1) is 0 Å². The van der Waals surface area contributed by atoms with Crippen molar-refractivity contribution < 1.29 is 9.59 Å². The smallest absolute Gasteiger partial charge is 0.267 e. The first-order valence-electron chi connectivity index (χ1n) is 8.39. The third-order valence-electron chi connectivity index (χ3n) is 4.02. The van der Waals surface area contributed by atoms with E-state index >= 15 is 0 Å². The average Bonchev–Trinajstić information content (AvgIpc) is 2.77. The molecule has 0 saturated carbocycles. The first kappa shape index (κ1) is 17.2. The third-order valence-corrected chi connectivity index (χ3v) is 4.02. The van der Waals surface area contributed by atoms with E-state index in [2.05, 4.69) is 30.8 Å². The van der Waals surface area contributed by atoms with Gasteiger partial charge >= 0.3 is 0 Å². The minimum Gasteiger partial charge on any atom is -0.267 e. The van der Waals surface area contributed by atoms with E-state index < -0.39 is 11.8 Å². The number of amides is 2. The number of aromatic nitrogens is 4. The number of benzene rings is 1. The van der Waals surface area contributed by atoms with Gasteiger partial charge in [-0.1, -0.05) is 18.2 Å². The summed E-state index contributed by atoms with van der Waals surface area (Å²) >= 11 is 0. The molecule has 0 unspecified atom stereocenters. The van der Waals surface area contributed by atoms with Crippen LogP contribution in [0.5, 0.6) is 0 Å². The van der Waals surface area contributed by atoms with Crippen LogP contribution in [0, 0.1) is 0 Å². The fraction of sp³-hybridized carbons (Fsp3) is 0. The van der Waals surface area contributed by atoms with Crippen molar-refractivity contribution in [3.05, 3.63) is 84.7 Å². The van der Waals surface area contributed by atoms with Crippen molar-refractivity contribution in [1.29, 1.82) is 0 Å². The summed E-state index contributed by atoms with van der Waals surface area (Å²) in [4.78, 5) is 41.2. The summed E-state index contributed by atoms with van der Waals surface area (Å²) in [5.74, 6) is -1.03. The molecule has 3 heterocycles. The van der Waals surface area contributed by atoms with E-state index in [0.29, 0.717) is 22.2 Å². The molecule has 0 radical (unpaired) electrons. The number of hydrogen-bond acceptors (Lipinski definition) is 6. The zero-order chi connectivity index (χ0) is 19.3. The molecule has 0 bridgehead atoms. The quantitative estimate of drug-likeness (QED) is 0.535. The number of para-hydroxylation sites is 1. The van der Waals surface area contributed by atoms with Crippen molar-refractivity contribution in [2.75, 3.05) is 0 Å². The van der Waals surface area contributed by atoms with Gasteiger partial charge in [0.05, 0.1) is 23.0 Å². The van der Waals surface area contributed by atoms with Gasteiger partial charge in [-0.3, -0.25) is 30.4 Å². The highest BCUT2D eigenvalue weighted by Gasteiger charge is 2.15. The molecule has 0 fully saturated rings. The lowest BCUT2D eigenvalue weighted by molar-refractivity contribution is 0.0844. The van der Waals surface area contributed by atoms with E-state index in [-0.39, 0.29) is 5.69 Å². The van der Waals surface area contributed by atoms with E-state index in [1.54, 1.807) is 24.5 Å². The highest BCUT2D eigenvalue weighted by Crippen LogP contribution is 2.24. The van der Waals surface area contributed by atoms with Crippen molar-refractivity contribution in [3.63, 3.8) is 0 Å². The molecule has 0 spiro atoms. The third kappa shape index (κ3) is 3.51. The predicted molar refractivity (Wildman–Crippen MR) is 102 cm³/mol. The molecule has 136 valence electrons. The molecule has 2 amide bonds. The second-order valence-corrected chi connectivity index (χ2v) is 5.81. The Kier molecular flexibility index (Phi) is 4.67. The van der Waals surface area contributed by atoms with Crippen molar-refractivity contribution >= 4 is 22.7 Å². The Balaban J connectivity index is 1.65. The van der Waals surface area contributed by atoms with Crippen LogP contribution < -0.4 is 10.9 Å². The number of carbonyl (C=O) groups excluding carboxylic acids is 2. The number of carbonyl (C=O) groups is 2. The SMILES string of the molecule is O=C(NNC(=O)c1cc(-c2ccncc2)nc2ccccc12)c1cnccn1. The Morgan fingerprint density at radius 1 is 0.821 bits per heavy atom. The Labute approximate surface area is 159 Å². The van der Waals surface area contributed by atoms with Gasteiger partial charge in [0.15, 0.2) is 0 Å². The molecule has 8 heteroatoms. The molecular weight excluding hydrogens is 356 g/mol. The molecule has 0 aliphatic carbocycles. The highest BCUT2D eigenvalue weighted by atomic mass is 16.2. The van der Waals surface area contributed by atoms with Crippen LogP contribution in [0.25, 0.3) is 22.2 Å². The molecule has 8 nitrogen and oxygen atoms in total. The molecule has 0 aliphatic heterocycles. The fourth-order valence-electron chi connectivity index (χ4n) is 2.70. The summed E-state index contributed by atoms with van der Waals surface area (Å²) in [6.07, 6.45) is 7.48. The number of fused-ring (bicyclic) bond motifs is 1. The van der Waals surface area contributed by atoms with E-state index in [0.717, 1.165) is 5.56 Å². The predicted octanol–water partition coefficient (Wildman–Crippen LogP) is 2.16. The van der Waals surface area contributed by atoms with Crippen molar-refractivity contribution in [2.45, 2.75) is 0 Å². The van der Waals surface area contributed by atoms with Gasteiger partial charge in [-0.25, -0.2) is 9.97 Å². The van der Waals surface area contributed by atoms with Crippen LogP contribution in [0.15, 0.2) is 73.4 Å². The Hall–Kier alpha value is -4.20. The monoisotopic (exact) mass is 370 g/mol. The molecule has 4 aromatic rings. The maximum atomic E-state index is 12.8. The molecule has 3 aromatic heterocycles. The van der Waals surface area contributed by atoms with Crippen LogP contribution in [-0.2, 0) is 0 Å². The molecule has 0 saturated heterocycles. The Bertz CT molecular complexity index is 1150. The highest BCUT2D eigenvalue weighted by molar-refractivity contribution is 6.08. The topological polar surface area (TPSA) is 110 Å². The zero-order valence-corrected chi connectivity index (χ0v) is 14.5. The number of rotatable bonds is 3. The standard InChI is InChI=1S/C20H14N6O2/c27-19(25-26-20(28)18-12-22-9-10-23-18)15-11-17(13-5-7-21-8-6-13)24-16-4-2-1-3-14(15)16/h1-12H,(H,25,27)(H,26,28). The van der Waals surface area contributed by atoms with Crippen molar-refractivity contribution in [2.24, 2.45) is 0 Å².